The van der Waals surface area contributed by atoms with E-state index in [0.717, 1.165) is 5.39 Å². The first-order chi connectivity index (χ1) is 13.8. The Hall–Kier alpha value is -2.76. The molecule has 1 amide bonds. The summed E-state index contributed by atoms with van der Waals surface area (Å²) in [6.07, 6.45) is 2.06. The number of aliphatic hydroxyl groups excluding tert-OH is 1. The molecule has 0 bridgehead atoms. The van der Waals surface area contributed by atoms with Gasteiger partial charge in [-0.25, -0.2) is 4.98 Å². The zero-order chi connectivity index (χ0) is 21.0. The molecule has 8 heteroatoms. The van der Waals surface area contributed by atoms with Crippen LogP contribution >= 0.6 is 8.58 Å². The Balaban J connectivity index is 1.70. The first-order valence-electron chi connectivity index (χ1n) is 9.23. The van der Waals surface area contributed by atoms with Gasteiger partial charge < -0.3 is 20.1 Å². The van der Waals surface area contributed by atoms with Crippen LogP contribution < -0.4 is 10.1 Å². The van der Waals surface area contributed by atoms with Gasteiger partial charge in [0.2, 0.25) is 0 Å². The lowest BCUT2D eigenvalue weighted by Crippen LogP contribution is -2.29. The monoisotopic (exact) mass is 413 g/mol. The maximum atomic E-state index is 12.5. The lowest BCUT2D eigenvalue weighted by molar-refractivity contribution is 0.0765. The Labute approximate surface area is 170 Å². The lowest BCUT2D eigenvalue weighted by atomic mass is 10.1. The number of aromatic nitrogens is 2. The van der Waals surface area contributed by atoms with Crippen molar-refractivity contribution >= 4 is 36.7 Å². The fourth-order valence-corrected chi connectivity index (χ4v) is 3.26. The first-order valence-corrected chi connectivity index (χ1v) is 10.7. The van der Waals surface area contributed by atoms with E-state index in [1.54, 1.807) is 42.6 Å². The number of nitrogens with zero attached hydrogens (tertiary/aromatic N) is 1. The van der Waals surface area contributed by atoms with Crippen molar-refractivity contribution in [2.24, 2.45) is 0 Å². The molecule has 0 fully saturated rings. The second kappa shape index (κ2) is 8.72. The van der Waals surface area contributed by atoms with Crippen LogP contribution in [0.3, 0.4) is 0 Å². The van der Waals surface area contributed by atoms with Crippen LogP contribution in [0.5, 0.6) is 5.75 Å². The Morgan fingerprint density at radius 3 is 2.62 bits per heavy atom. The first kappa shape index (κ1) is 21.0. The van der Waals surface area contributed by atoms with Crippen LogP contribution in [-0.2, 0) is 0 Å². The molecule has 3 aromatic rings. The normalized spacial score (nSPS) is 11.9. The van der Waals surface area contributed by atoms with Crippen LogP contribution in [0.15, 0.2) is 42.6 Å². The van der Waals surface area contributed by atoms with Crippen molar-refractivity contribution in [2.75, 3.05) is 18.6 Å². The van der Waals surface area contributed by atoms with Crippen molar-refractivity contribution in [2.45, 2.75) is 25.9 Å². The van der Waals surface area contributed by atoms with Gasteiger partial charge in [-0.3, -0.25) is 9.59 Å². The van der Waals surface area contributed by atoms with E-state index in [0.29, 0.717) is 34.8 Å². The number of aromatic amines is 1. The highest BCUT2D eigenvalue weighted by Gasteiger charge is 2.19. The van der Waals surface area contributed by atoms with E-state index in [4.69, 9.17) is 9.84 Å². The topological polar surface area (TPSA) is 104 Å². The summed E-state index contributed by atoms with van der Waals surface area (Å²) in [5, 5.41) is 12.7. The Morgan fingerprint density at radius 1 is 1.24 bits per heavy atom. The van der Waals surface area contributed by atoms with Gasteiger partial charge in [-0.1, -0.05) is 0 Å². The zero-order valence-corrected chi connectivity index (χ0v) is 17.6. The Bertz CT molecular complexity index is 1030. The number of carbonyl (C=O) groups is 2. The van der Waals surface area contributed by atoms with Gasteiger partial charge in [0.05, 0.1) is 17.6 Å². The number of nitrogens with one attached hydrogen (secondary N) is 2. The summed E-state index contributed by atoms with van der Waals surface area (Å²) in [6.45, 7) is 5.67. The van der Waals surface area contributed by atoms with E-state index < -0.39 is 5.60 Å². The van der Waals surface area contributed by atoms with Crippen molar-refractivity contribution in [3.05, 3.63) is 53.9 Å². The molecule has 2 aromatic heterocycles. The van der Waals surface area contributed by atoms with Crippen LogP contribution in [0.25, 0.3) is 11.0 Å². The number of H-pyrrole nitrogens is 1. The number of carbonyl (C=O) groups excluding carboxylic acids is 2. The molecule has 7 nitrogen and oxygen atoms in total. The molecule has 0 saturated heterocycles. The quantitative estimate of drug-likeness (QED) is 0.487. The van der Waals surface area contributed by atoms with Gasteiger partial charge in [0, 0.05) is 24.0 Å². The van der Waals surface area contributed by atoms with Gasteiger partial charge in [0.1, 0.15) is 17.0 Å². The maximum Gasteiger partial charge on any atom is 0.255 e. The third-order valence-electron chi connectivity index (χ3n) is 4.42. The number of hydrogen-bond acceptors (Lipinski definition) is 5. The third-order valence-corrected chi connectivity index (χ3v) is 5.15. The van der Waals surface area contributed by atoms with Crippen LogP contribution in [0, 0.1) is 0 Å². The van der Waals surface area contributed by atoms with Gasteiger partial charge >= 0.3 is 0 Å². The summed E-state index contributed by atoms with van der Waals surface area (Å²) >= 11 is 0. The summed E-state index contributed by atoms with van der Waals surface area (Å²) < 4.78 is 5.84. The predicted octanol–water partition coefficient (Wildman–Crippen LogP) is 3.80. The van der Waals surface area contributed by atoms with Crippen molar-refractivity contribution < 1.29 is 19.4 Å². The van der Waals surface area contributed by atoms with Gasteiger partial charge in [0.25, 0.3) is 5.91 Å². The second-order valence-electron chi connectivity index (χ2n) is 7.24. The van der Waals surface area contributed by atoms with Crippen LogP contribution in [0.2, 0.25) is 0 Å². The average Bonchev–Trinajstić information content (AvgIpc) is 3.11. The smallest absolute Gasteiger partial charge is 0.255 e. The molecule has 1 unspecified atom stereocenters. The van der Waals surface area contributed by atoms with E-state index >= 15 is 0 Å². The zero-order valence-electron chi connectivity index (χ0n) is 16.6. The van der Waals surface area contributed by atoms with E-state index in [2.05, 4.69) is 15.3 Å². The molecule has 0 saturated carbocycles. The Kier molecular flexibility index (Phi) is 6.30. The van der Waals surface area contributed by atoms with Crippen LogP contribution in [0.4, 0.5) is 5.69 Å². The summed E-state index contributed by atoms with van der Waals surface area (Å²) in [4.78, 5) is 31.7. The molecule has 3 N–H and O–H groups in total. The maximum absolute atomic E-state index is 12.5. The highest BCUT2D eigenvalue weighted by molar-refractivity contribution is 7.58. The lowest BCUT2D eigenvalue weighted by Gasteiger charge is -2.25. The third kappa shape index (κ3) is 5.19. The fourth-order valence-electron chi connectivity index (χ4n) is 2.86. The molecule has 1 aromatic carbocycles. The molecule has 2 heterocycles. The molecular formula is C21H24N3O4P. The molecular weight excluding hydrogens is 389 g/mol. The molecule has 152 valence electrons. The highest BCUT2D eigenvalue weighted by atomic mass is 31.1. The number of rotatable bonds is 8. The summed E-state index contributed by atoms with van der Waals surface area (Å²) in [5.74, 6) is 0.360. The van der Waals surface area contributed by atoms with Gasteiger partial charge in [-0.15, -0.1) is 0 Å². The minimum absolute atomic E-state index is 0.0399. The number of hydrogen-bond donors (Lipinski definition) is 3. The number of benzene rings is 1. The largest absolute Gasteiger partial charge is 0.488 e. The molecule has 29 heavy (non-hydrogen) atoms. The average molecular weight is 413 g/mol. The number of pyridine rings is 1. The van der Waals surface area contributed by atoms with E-state index in [9.17, 15) is 9.59 Å². The summed E-state index contributed by atoms with van der Waals surface area (Å²) in [7, 11) is 0.173. The number of amides is 1. The standard InChI is InChI=1S/C21H24N3O4P/c1-21(2,8-9-25)28-16-6-4-13(5-7-16)19(26)23-15-10-14-11-17(20(27)29-3)24-18(14)22-12-15/h4-7,10-12,25,29H,8-9H2,1-3H3,(H,22,24)(H,23,26). The SMILES string of the molecule is CPC(=O)c1cc2cc(NC(=O)c3ccc(OC(C)(C)CCO)cc3)cnc2[nH]1. The fraction of sp³-hybridized carbons (Fsp3) is 0.286. The van der Waals surface area contributed by atoms with Crippen LogP contribution in [0.1, 0.15) is 41.1 Å². The predicted molar refractivity (Wildman–Crippen MR) is 115 cm³/mol. The Morgan fingerprint density at radius 2 is 1.97 bits per heavy atom. The summed E-state index contributed by atoms with van der Waals surface area (Å²) in [5.41, 5.74) is 1.71. The van der Waals surface area contributed by atoms with Gasteiger partial charge in [-0.05, 0) is 65.5 Å². The van der Waals surface area contributed by atoms with Crippen LogP contribution in [-0.4, -0.2) is 45.4 Å². The van der Waals surface area contributed by atoms with Crippen molar-refractivity contribution in [1.29, 1.82) is 0 Å². The second-order valence-corrected chi connectivity index (χ2v) is 8.19. The van der Waals surface area contributed by atoms with Gasteiger partial charge in [0.15, 0.2) is 5.52 Å². The van der Waals surface area contributed by atoms with Crippen molar-refractivity contribution in [3.63, 3.8) is 0 Å². The van der Waals surface area contributed by atoms with E-state index in [1.807, 2.05) is 20.5 Å². The molecule has 0 aliphatic heterocycles. The minimum atomic E-state index is -0.491. The van der Waals surface area contributed by atoms with Crippen molar-refractivity contribution in [1.82, 2.24) is 9.97 Å². The van der Waals surface area contributed by atoms with Gasteiger partial charge in [-0.2, -0.15) is 0 Å². The number of ether oxygens (including phenoxy) is 1. The molecule has 3 rings (SSSR count). The molecule has 0 aliphatic carbocycles. The molecule has 1 atom stereocenters. The summed E-state index contributed by atoms with van der Waals surface area (Å²) in [6, 6.07) is 10.3. The molecule has 0 spiro atoms. The van der Waals surface area contributed by atoms with Crippen molar-refractivity contribution in [3.8, 4) is 5.75 Å². The number of aliphatic hydroxyl groups is 1. The number of fused-ring (bicyclic) bond motifs is 1. The highest BCUT2D eigenvalue weighted by Crippen LogP contribution is 2.23. The number of anilines is 1. The van der Waals surface area contributed by atoms with E-state index in [1.165, 1.54) is 0 Å². The minimum Gasteiger partial charge on any atom is -0.488 e. The molecule has 0 radical (unpaired) electrons. The van der Waals surface area contributed by atoms with E-state index in [-0.39, 0.29) is 26.6 Å². The molecule has 0 aliphatic rings.